The molecule has 2 aromatic rings. The third kappa shape index (κ3) is 3.87. The van der Waals surface area contributed by atoms with E-state index < -0.39 is 10.0 Å². The summed E-state index contributed by atoms with van der Waals surface area (Å²) in [5, 5.41) is 5.23. The van der Waals surface area contributed by atoms with Gasteiger partial charge in [-0.15, -0.1) is 0 Å². The summed E-state index contributed by atoms with van der Waals surface area (Å²) in [5.74, 6) is 0.964. The lowest BCUT2D eigenvalue weighted by molar-refractivity contribution is 0.482. The molecule has 0 aliphatic heterocycles. The van der Waals surface area contributed by atoms with Crippen LogP contribution in [0.5, 0.6) is 11.5 Å². The molecular formula is C14H15ClN2O3S. The van der Waals surface area contributed by atoms with Crippen LogP contribution in [0.1, 0.15) is 0 Å². The zero-order valence-corrected chi connectivity index (χ0v) is 13.1. The van der Waals surface area contributed by atoms with Gasteiger partial charge in [-0.3, -0.25) is 0 Å². The van der Waals surface area contributed by atoms with Gasteiger partial charge in [0.25, 0.3) is 0 Å². The topological polar surface area (TPSA) is 72.6 Å². The van der Waals surface area contributed by atoms with E-state index >= 15 is 0 Å². The molecule has 112 valence electrons. The second-order valence-electron chi connectivity index (χ2n) is 4.63. The Balaban J connectivity index is 2.30. The highest BCUT2D eigenvalue weighted by Gasteiger charge is 2.12. The van der Waals surface area contributed by atoms with Crippen molar-refractivity contribution in [3.63, 3.8) is 0 Å². The zero-order valence-electron chi connectivity index (χ0n) is 11.6. The number of benzene rings is 2. The first-order valence-electron chi connectivity index (χ1n) is 6.05. The highest BCUT2D eigenvalue weighted by atomic mass is 35.5. The van der Waals surface area contributed by atoms with Crippen molar-refractivity contribution in [3.05, 3.63) is 47.5 Å². The second-order valence-corrected chi connectivity index (χ2v) is 6.60. The molecule has 0 bridgehead atoms. The van der Waals surface area contributed by atoms with Gasteiger partial charge in [-0.2, -0.15) is 0 Å². The molecule has 0 atom stereocenters. The molecule has 0 saturated carbocycles. The maximum absolute atomic E-state index is 11.2. The third-order valence-electron chi connectivity index (χ3n) is 2.79. The quantitative estimate of drug-likeness (QED) is 0.937. The molecule has 21 heavy (non-hydrogen) atoms. The lowest BCUT2D eigenvalue weighted by Crippen LogP contribution is -2.11. The van der Waals surface area contributed by atoms with Crippen molar-refractivity contribution in [2.24, 2.45) is 5.14 Å². The van der Waals surface area contributed by atoms with Gasteiger partial charge in [-0.25, -0.2) is 13.6 Å². The maximum atomic E-state index is 11.2. The molecule has 2 rings (SSSR count). The monoisotopic (exact) mass is 326 g/mol. The lowest BCUT2D eigenvalue weighted by atomic mass is 10.3. The van der Waals surface area contributed by atoms with Gasteiger partial charge in [0, 0.05) is 25.8 Å². The van der Waals surface area contributed by atoms with E-state index in [1.807, 2.05) is 37.2 Å². The minimum absolute atomic E-state index is 0.0538. The van der Waals surface area contributed by atoms with Crippen LogP contribution in [-0.4, -0.2) is 22.5 Å². The number of hydrogen-bond acceptors (Lipinski definition) is 4. The van der Waals surface area contributed by atoms with Crippen LogP contribution in [0.4, 0.5) is 5.69 Å². The number of sulfonamides is 1. The molecule has 0 fully saturated rings. The van der Waals surface area contributed by atoms with Gasteiger partial charge in [-0.05, 0) is 30.3 Å². The van der Waals surface area contributed by atoms with E-state index in [2.05, 4.69) is 0 Å². The van der Waals surface area contributed by atoms with Crippen molar-refractivity contribution in [1.29, 1.82) is 0 Å². The van der Waals surface area contributed by atoms with Gasteiger partial charge in [0.15, 0.2) is 0 Å². The van der Waals surface area contributed by atoms with Crippen LogP contribution < -0.4 is 14.8 Å². The van der Waals surface area contributed by atoms with Crippen LogP contribution >= 0.6 is 11.6 Å². The minimum Gasteiger partial charge on any atom is -0.456 e. The first kappa shape index (κ1) is 15.6. The summed E-state index contributed by atoms with van der Waals surface area (Å²) in [6.45, 7) is 0. The maximum Gasteiger partial charge on any atom is 0.238 e. The van der Waals surface area contributed by atoms with Crippen molar-refractivity contribution < 1.29 is 13.2 Å². The second kappa shape index (κ2) is 5.93. The Morgan fingerprint density at radius 3 is 2.43 bits per heavy atom. The Labute approximate surface area is 128 Å². The number of hydrogen-bond donors (Lipinski definition) is 1. The van der Waals surface area contributed by atoms with Gasteiger partial charge in [-0.1, -0.05) is 17.7 Å². The lowest BCUT2D eigenvalue weighted by Gasteiger charge is -2.14. The summed E-state index contributed by atoms with van der Waals surface area (Å²) in [6.07, 6.45) is 0. The fraction of sp³-hybridized carbons (Fsp3) is 0.143. The van der Waals surface area contributed by atoms with Crippen LogP contribution in [0.15, 0.2) is 47.4 Å². The molecule has 2 N–H and O–H groups in total. The van der Waals surface area contributed by atoms with Crippen molar-refractivity contribution in [2.45, 2.75) is 4.90 Å². The summed E-state index contributed by atoms with van der Waals surface area (Å²) in [4.78, 5) is 1.89. The number of nitrogens with two attached hydrogens (primary N) is 1. The number of nitrogens with zero attached hydrogens (tertiary/aromatic N) is 1. The molecular weight excluding hydrogens is 312 g/mol. The molecule has 0 heterocycles. The van der Waals surface area contributed by atoms with E-state index in [-0.39, 0.29) is 9.92 Å². The summed E-state index contributed by atoms with van der Waals surface area (Å²) in [5.41, 5.74) is 0.977. The first-order chi connectivity index (χ1) is 9.77. The van der Waals surface area contributed by atoms with Crippen LogP contribution in [0, 0.1) is 0 Å². The number of anilines is 1. The Morgan fingerprint density at radius 2 is 1.86 bits per heavy atom. The van der Waals surface area contributed by atoms with Crippen LogP contribution in [-0.2, 0) is 10.0 Å². The van der Waals surface area contributed by atoms with E-state index in [1.54, 1.807) is 6.07 Å². The van der Waals surface area contributed by atoms with Crippen molar-refractivity contribution in [1.82, 2.24) is 0 Å². The molecule has 0 aliphatic rings. The normalized spacial score (nSPS) is 11.2. The molecule has 0 spiro atoms. The third-order valence-corrected chi connectivity index (χ3v) is 4.00. The molecule has 0 saturated heterocycles. The molecule has 0 amide bonds. The Morgan fingerprint density at radius 1 is 1.14 bits per heavy atom. The van der Waals surface area contributed by atoms with E-state index in [1.165, 1.54) is 18.2 Å². The van der Waals surface area contributed by atoms with E-state index in [0.717, 1.165) is 5.69 Å². The fourth-order valence-electron chi connectivity index (χ4n) is 1.69. The van der Waals surface area contributed by atoms with Crippen LogP contribution in [0.3, 0.4) is 0 Å². The standard InChI is InChI=1S/C14H15ClN2O3S/c1-17(2)10-4-3-5-11(8-10)20-14-7-6-12(9-13(14)15)21(16,18)19/h3-9H,1-2H3,(H2,16,18,19). The van der Waals surface area contributed by atoms with E-state index in [4.69, 9.17) is 21.5 Å². The molecule has 7 heteroatoms. The van der Waals surface area contributed by atoms with Crippen molar-refractivity contribution in [3.8, 4) is 11.5 Å². The van der Waals surface area contributed by atoms with Gasteiger partial charge >= 0.3 is 0 Å². The predicted molar refractivity (Wildman–Crippen MR) is 83.7 cm³/mol. The zero-order chi connectivity index (χ0) is 15.6. The molecule has 2 aromatic carbocycles. The van der Waals surface area contributed by atoms with Gasteiger partial charge in [0.2, 0.25) is 10.0 Å². The highest BCUT2D eigenvalue weighted by Crippen LogP contribution is 2.32. The Bertz CT molecular complexity index is 761. The smallest absolute Gasteiger partial charge is 0.238 e. The van der Waals surface area contributed by atoms with Crippen LogP contribution in [0.25, 0.3) is 0 Å². The number of primary sulfonamides is 1. The minimum atomic E-state index is -3.78. The van der Waals surface area contributed by atoms with E-state index in [0.29, 0.717) is 11.5 Å². The van der Waals surface area contributed by atoms with Crippen molar-refractivity contribution in [2.75, 3.05) is 19.0 Å². The molecule has 0 aliphatic carbocycles. The van der Waals surface area contributed by atoms with E-state index in [9.17, 15) is 8.42 Å². The number of halogens is 1. The SMILES string of the molecule is CN(C)c1cccc(Oc2ccc(S(N)(=O)=O)cc2Cl)c1. The summed E-state index contributed by atoms with van der Waals surface area (Å²) < 4.78 is 28.2. The predicted octanol–water partition coefficient (Wildman–Crippen LogP) is 2.85. The largest absolute Gasteiger partial charge is 0.456 e. The Kier molecular flexibility index (Phi) is 4.41. The van der Waals surface area contributed by atoms with Gasteiger partial charge < -0.3 is 9.64 Å². The first-order valence-corrected chi connectivity index (χ1v) is 7.97. The summed E-state index contributed by atoms with van der Waals surface area (Å²) in [7, 11) is 0.0676. The van der Waals surface area contributed by atoms with Crippen LogP contribution in [0.2, 0.25) is 5.02 Å². The van der Waals surface area contributed by atoms with Gasteiger partial charge in [0.05, 0.1) is 9.92 Å². The average molecular weight is 327 g/mol. The number of ether oxygens (including phenoxy) is 1. The molecule has 0 aromatic heterocycles. The highest BCUT2D eigenvalue weighted by molar-refractivity contribution is 7.89. The summed E-state index contributed by atoms with van der Waals surface area (Å²) >= 11 is 6.03. The fourth-order valence-corrected chi connectivity index (χ4v) is 2.52. The molecule has 0 radical (unpaired) electrons. The van der Waals surface area contributed by atoms with Crippen molar-refractivity contribution >= 4 is 27.3 Å². The molecule has 5 nitrogen and oxygen atoms in total. The molecule has 0 unspecified atom stereocenters. The average Bonchev–Trinajstić information content (AvgIpc) is 2.40. The Hall–Kier alpha value is -1.76. The summed E-state index contributed by atoms with van der Waals surface area (Å²) in [6, 6.07) is 11.5. The van der Waals surface area contributed by atoms with Gasteiger partial charge in [0.1, 0.15) is 11.5 Å². The number of rotatable bonds is 4.